The maximum Gasteiger partial charge on any atom is 0.158 e. The molecule has 0 bridgehead atoms. The smallest absolute Gasteiger partial charge is 0.158 e. The average molecular weight is 230 g/mol. The van der Waals surface area contributed by atoms with Crippen molar-refractivity contribution in [1.82, 2.24) is 0 Å². The molecule has 0 aliphatic carbocycles. The molecule has 1 atom stereocenters. The number of thiol groups is 1. The van der Waals surface area contributed by atoms with Gasteiger partial charge in [0, 0.05) is 0 Å². The van der Waals surface area contributed by atoms with Crippen LogP contribution >= 0.6 is 0 Å². The van der Waals surface area contributed by atoms with Crippen molar-refractivity contribution in [3.8, 4) is 5.75 Å². The molecule has 1 aromatic rings. The molecule has 1 radical (unpaired) electrons. The first kappa shape index (κ1) is 11.8. The highest BCUT2D eigenvalue weighted by atomic mass is 32.2. The first-order chi connectivity index (χ1) is 7.00. The van der Waals surface area contributed by atoms with Crippen molar-refractivity contribution in [2.24, 2.45) is 0 Å². The predicted molar refractivity (Wildman–Crippen MR) is 57.2 cm³/mol. The lowest BCUT2D eigenvalue weighted by Gasteiger charge is -2.09. The van der Waals surface area contributed by atoms with Gasteiger partial charge < -0.3 is 15.5 Å². The van der Waals surface area contributed by atoms with Gasteiger partial charge in [-0.25, -0.2) is 8.42 Å². The quantitative estimate of drug-likeness (QED) is 0.440. The molecule has 1 unspecified atom stereocenters. The fourth-order valence-corrected chi connectivity index (χ4v) is 1.35. The number of nitrogens with one attached hydrogen (secondary N) is 1. The van der Waals surface area contributed by atoms with Gasteiger partial charge in [-0.3, -0.25) is 0 Å². The van der Waals surface area contributed by atoms with Gasteiger partial charge in [-0.05, 0) is 24.6 Å². The molecule has 0 aliphatic heterocycles. The molecule has 0 fully saturated rings. The maximum atomic E-state index is 10.3. The van der Waals surface area contributed by atoms with Crippen LogP contribution in [0.5, 0.6) is 5.75 Å². The molecule has 6 heteroatoms. The summed E-state index contributed by atoms with van der Waals surface area (Å²) < 4.78 is 20.7. The molecule has 0 heterocycles. The summed E-state index contributed by atoms with van der Waals surface area (Å²) in [6.07, 6.45) is -0.910. The highest BCUT2D eigenvalue weighted by molar-refractivity contribution is 7.72. The van der Waals surface area contributed by atoms with Crippen molar-refractivity contribution in [3.63, 3.8) is 0 Å². The summed E-state index contributed by atoms with van der Waals surface area (Å²) in [4.78, 5) is 0. The topological polar surface area (TPSA) is 86.6 Å². The van der Waals surface area contributed by atoms with Crippen molar-refractivity contribution in [1.29, 1.82) is 0 Å². The lowest BCUT2D eigenvalue weighted by molar-refractivity contribution is 0.226. The molecular weight excluding hydrogens is 218 g/mol. The maximum absolute atomic E-state index is 10.3. The van der Waals surface area contributed by atoms with E-state index in [2.05, 4.69) is 12.2 Å². The lowest BCUT2D eigenvalue weighted by atomic mass is 10.1. The van der Waals surface area contributed by atoms with E-state index in [1.165, 1.54) is 18.2 Å². The van der Waals surface area contributed by atoms with Crippen LogP contribution in [0.2, 0.25) is 0 Å². The number of anilines is 1. The van der Waals surface area contributed by atoms with Gasteiger partial charge in [-0.2, -0.15) is 0 Å². The number of hydrogen-bond acceptors (Lipinski definition) is 5. The Labute approximate surface area is 89.3 Å². The third-order valence-corrected chi connectivity index (χ3v) is 2.22. The number of rotatable bonds is 4. The Kier molecular flexibility index (Phi) is 3.93. The zero-order valence-corrected chi connectivity index (χ0v) is 8.78. The number of phenolic OH excluding ortho intramolecular Hbond substituents is 1. The Hall–Kier alpha value is -1.27. The van der Waals surface area contributed by atoms with Crippen LogP contribution in [0, 0.1) is 6.92 Å². The number of benzene rings is 1. The zero-order chi connectivity index (χ0) is 11.4. The zero-order valence-electron chi connectivity index (χ0n) is 7.88. The van der Waals surface area contributed by atoms with Gasteiger partial charge in [0.1, 0.15) is 11.6 Å². The summed E-state index contributed by atoms with van der Waals surface area (Å²) in [6, 6.07) is 4.32. The van der Waals surface area contributed by atoms with Crippen molar-refractivity contribution < 1.29 is 18.6 Å². The molecule has 1 rings (SSSR count). The van der Waals surface area contributed by atoms with E-state index in [1.807, 2.05) is 0 Å². The molecule has 15 heavy (non-hydrogen) atoms. The second kappa shape index (κ2) is 4.99. The Morgan fingerprint density at radius 1 is 1.47 bits per heavy atom. The number of aromatic hydroxyl groups is 1. The van der Waals surface area contributed by atoms with Crippen molar-refractivity contribution in [2.75, 3.05) is 11.2 Å². The minimum atomic E-state index is -2.56. The standard InChI is InChI=1S/C9H12NO4S/c1-6(11)7-2-3-9(12)8(4-7)10-5-15(13)14/h2-4,6,10-12,15H,1,5H2. The molecule has 3 N–H and O–H groups in total. The van der Waals surface area contributed by atoms with Crippen molar-refractivity contribution >= 4 is 16.4 Å². The first-order valence-corrected chi connectivity index (χ1v) is 5.56. The Morgan fingerprint density at radius 2 is 2.13 bits per heavy atom. The third kappa shape index (κ3) is 3.41. The van der Waals surface area contributed by atoms with E-state index in [0.29, 0.717) is 5.56 Å². The minimum absolute atomic E-state index is 0.0729. The van der Waals surface area contributed by atoms with Crippen LogP contribution < -0.4 is 5.32 Å². The second-order valence-electron chi connectivity index (χ2n) is 2.96. The normalized spacial score (nSPS) is 12.7. The Bertz CT molecular complexity index is 407. The summed E-state index contributed by atoms with van der Waals surface area (Å²) in [6.45, 7) is 3.40. The van der Waals surface area contributed by atoms with E-state index in [4.69, 9.17) is 0 Å². The number of phenols is 1. The van der Waals surface area contributed by atoms with Crippen LogP contribution in [0.1, 0.15) is 11.7 Å². The molecule has 0 saturated heterocycles. The van der Waals surface area contributed by atoms with Crippen LogP contribution in [0.25, 0.3) is 0 Å². The van der Waals surface area contributed by atoms with Gasteiger partial charge in [-0.1, -0.05) is 6.07 Å². The summed E-state index contributed by atoms with van der Waals surface area (Å²) >= 11 is 0. The van der Waals surface area contributed by atoms with E-state index in [9.17, 15) is 18.6 Å². The lowest BCUT2D eigenvalue weighted by Crippen LogP contribution is -2.03. The van der Waals surface area contributed by atoms with Gasteiger partial charge >= 0.3 is 0 Å². The number of hydrogen-bond donors (Lipinski definition) is 4. The predicted octanol–water partition coefficient (Wildman–Crippen LogP) is 0.240. The molecule has 0 aromatic heterocycles. The number of aliphatic hydroxyl groups excluding tert-OH is 1. The fraction of sp³-hybridized carbons (Fsp3) is 0.222. The van der Waals surface area contributed by atoms with Gasteiger partial charge in [0.25, 0.3) is 0 Å². The molecule has 1 aromatic carbocycles. The molecule has 5 nitrogen and oxygen atoms in total. The van der Waals surface area contributed by atoms with E-state index in [-0.39, 0.29) is 17.3 Å². The van der Waals surface area contributed by atoms with E-state index in [1.54, 1.807) is 0 Å². The summed E-state index contributed by atoms with van der Waals surface area (Å²) in [5.74, 6) is -0.337. The van der Waals surface area contributed by atoms with E-state index < -0.39 is 16.8 Å². The van der Waals surface area contributed by atoms with Gasteiger partial charge in [0.05, 0.1) is 11.8 Å². The van der Waals surface area contributed by atoms with Crippen molar-refractivity contribution in [3.05, 3.63) is 30.7 Å². The van der Waals surface area contributed by atoms with Crippen LogP contribution in [0.15, 0.2) is 18.2 Å². The molecular formula is C9H12NO4S. The summed E-state index contributed by atoms with van der Waals surface area (Å²) in [7, 11) is -2.56. The monoisotopic (exact) mass is 230 g/mol. The Balaban J connectivity index is 2.90. The first-order valence-electron chi connectivity index (χ1n) is 4.20. The minimum Gasteiger partial charge on any atom is -0.506 e. The number of aliphatic hydroxyl groups is 1. The molecule has 0 spiro atoms. The highest BCUT2D eigenvalue weighted by Gasteiger charge is 2.06. The van der Waals surface area contributed by atoms with Crippen LogP contribution in [-0.2, 0) is 10.7 Å². The summed E-state index contributed by atoms with van der Waals surface area (Å²) in [5, 5.41) is 21.1. The fourth-order valence-electron chi connectivity index (χ4n) is 1.05. The average Bonchev–Trinajstić information content (AvgIpc) is 2.16. The highest BCUT2D eigenvalue weighted by Crippen LogP contribution is 2.26. The SMILES string of the molecule is [CH2]C(O)c1ccc(O)c(NC[SH](=O)=O)c1. The van der Waals surface area contributed by atoms with Crippen LogP contribution in [-0.4, -0.2) is 24.5 Å². The molecule has 0 saturated carbocycles. The molecule has 0 aliphatic rings. The summed E-state index contributed by atoms with van der Waals surface area (Å²) in [5.41, 5.74) is 0.755. The van der Waals surface area contributed by atoms with E-state index in [0.717, 1.165) is 0 Å². The van der Waals surface area contributed by atoms with E-state index >= 15 is 0 Å². The van der Waals surface area contributed by atoms with Crippen LogP contribution in [0.4, 0.5) is 5.69 Å². The molecule has 0 amide bonds. The Morgan fingerprint density at radius 3 is 2.67 bits per heavy atom. The van der Waals surface area contributed by atoms with Gasteiger partial charge in [-0.15, -0.1) is 0 Å². The van der Waals surface area contributed by atoms with Gasteiger partial charge in [0.15, 0.2) is 10.7 Å². The van der Waals surface area contributed by atoms with Crippen molar-refractivity contribution in [2.45, 2.75) is 6.10 Å². The van der Waals surface area contributed by atoms with Gasteiger partial charge in [0.2, 0.25) is 0 Å². The second-order valence-corrected chi connectivity index (χ2v) is 3.94. The van der Waals surface area contributed by atoms with Crippen LogP contribution in [0.3, 0.4) is 0 Å². The largest absolute Gasteiger partial charge is 0.506 e. The molecule has 83 valence electrons. The third-order valence-electron chi connectivity index (χ3n) is 1.80.